The summed E-state index contributed by atoms with van der Waals surface area (Å²) >= 11 is 0. The number of aromatic nitrogens is 2. The monoisotopic (exact) mass is 434 g/mol. The third-order valence-corrected chi connectivity index (χ3v) is 4.28. The number of carbonyl (C=O) groups is 2. The maximum absolute atomic E-state index is 12.6. The number of nitrogen functional groups attached to an aromatic ring is 1. The number of carbonyl (C=O) groups excluding carboxylic acids is 1. The Hall–Kier alpha value is -4.47. The predicted octanol–water partition coefficient (Wildman–Crippen LogP) is 2.59. The normalized spacial score (nSPS) is 11.4. The first-order valence-corrected chi connectivity index (χ1v) is 9.54. The zero-order chi connectivity index (χ0) is 23.1. The first kappa shape index (κ1) is 22.2. The van der Waals surface area contributed by atoms with Crippen LogP contribution >= 0.6 is 0 Å². The van der Waals surface area contributed by atoms with E-state index in [0.717, 1.165) is 23.7 Å². The van der Waals surface area contributed by atoms with Crippen molar-refractivity contribution < 1.29 is 19.4 Å². The van der Waals surface area contributed by atoms with Gasteiger partial charge < -0.3 is 26.2 Å². The Morgan fingerprint density at radius 1 is 1.16 bits per heavy atom. The lowest BCUT2D eigenvalue weighted by Crippen LogP contribution is -2.30. The summed E-state index contributed by atoms with van der Waals surface area (Å²) in [5.74, 6) is 0.862. The first-order chi connectivity index (χ1) is 15.4. The smallest absolute Gasteiger partial charge is 0.300 e. The van der Waals surface area contributed by atoms with Gasteiger partial charge >= 0.3 is 0 Å². The number of amidine groups is 1. The van der Waals surface area contributed by atoms with E-state index < -0.39 is 5.97 Å². The molecule has 164 valence electrons. The summed E-state index contributed by atoms with van der Waals surface area (Å²) < 4.78 is 5.17. The van der Waals surface area contributed by atoms with Gasteiger partial charge in [0.25, 0.3) is 11.9 Å². The summed E-state index contributed by atoms with van der Waals surface area (Å²) in [6.45, 7) is 1.60. The molecule has 0 bridgehead atoms. The topological polar surface area (TPSA) is 152 Å². The van der Waals surface area contributed by atoms with E-state index in [0.29, 0.717) is 29.5 Å². The molecule has 0 fully saturated rings. The molecule has 1 aromatic heterocycles. The SMILES string of the molecule is CC(=O)O.COc1cccc(C(=O)NC2=NCc3ccc(Nc4ccnc(N)n4)cc32)c1. The number of aliphatic carboxylic acids is 1. The van der Waals surface area contributed by atoms with Gasteiger partial charge in [0.05, 0.1) is 13.7 Å². The molecule has 4 rings (SSSR count). The van der Waals surface area contributed by atoms with Crippen molar-refractivity contribution in [2.24, 2.45) is 4.99 Å². The van der Waals surface area contributed by atoms with Crippen molar-refractivity contribution >= 4 is 35.2 Å². The zero-order valence-electron chi connectivity index (χ0n) is 17.5. The molecule has 0 saturated heterocycles. The third-order valence-electron chi connectivity index (χ3n) is 4.28. The highest BCUT2D eigenvalue weighted by Crippen LogP contribution is 2.24. The van der Waals surface area contributed by atoms with Gasteiger partial charge in [-0.2, -0.15) is 4.98 Å². The summed E-state index contributed by atoms with van der Waals surface area (Å²) in [5.41, 5.74) is 8.83. The molecular weight excluding hydrogens is 412 g/mol. The number of methoxy groups -OCH3 is 1. The number of nitrogens with one attached hydrogen (secondary N) is 2. The lowest BCUT2D eigenvalue weighted by atomic mass is 10.1. The Morgan fingerprint density at radius 3 is 2.66 bits per heavy atom. The minimum atomic E-state index is -0.833. The molecular formula is C22H22N6O4. The van der Waals surface area contributed by atoms with Crippen molar-refractivity contribution in [2.45, 2.75) is 13.5 Å². The number of benzene rings is 2. The lowest BCUT2D eigenvalue weighted by Gasteiger charge is -2.10. The first-order valence-electron chi connectivity index (χ1n) is 9.54. The van der Waals surface area contributed by atoms with E-state index in [9.17, 15) is 4.79 Å². The van der Waals surface area contributed by atoms with Crippen LogP contribution in [0.1, 0.15) is 28.4 Å². The highest BCUT2D eigenvalue weighted by Gasteiger charge is 2.19. The molecule has 2 aromatic carbocycles. The largest absolute Gasteiger partial charge is 0.497 e. The Morgan fingerprint density at radius 2 is 1.94 bits per heavy atom. The molecule has 1 amide bonds. The van der Waals surface area contributed by atoms with E-state index in [1.165, 1.54) is 0 Å². The maximum Gasteiger partial charge on any atom is 0.300 e. The van der Waals surface area contributed by atoms with Crippen LogP contribution in [-0.2, 0) is 11.3 Å². The molecule has 1 aliphatic rings. The van der Waals surface area contributed by atoms with Crippen molar-refractivity contribution in [3.05, 3.63) is 71.4 Å². The molecule has 32 heavy (non-hydrogen) atoms. The van der Waals surface area contributed by atoms with Gasteiger partial charge in [0, 0.05) is 29.9 Å². The van der Waals surface area contributed by atoms with Crippen molar-refractivity contribution in [1.29, 1.82) is 0 Å². The van der Waals surface area contributed by atoms with Crippen LogP contribution in [-0.4, -0.2) is 39.9 Å². The Kier molecular flexibility index (Phi) is 6.96. The molecule has 3 aromatic rings. The molecule has 0 saturated carbocycles. The van der Waals surface area contributed by atoms with Gasteiger partial charge in [-0.1, -0.05) is 12.1 Å². The minimum Gasteiger partial charge on any atom is -0.497 e. The molecule has 10 heteroatoms. The van der Waals surface area contributed by atoms with E-state index in [-0.39, 0.29) is 11.9 Å². The molecule has 0 aliphatic carbocycles. The summed E-state index contributed by atoms with van der Waals surface area (Å²) in [6, 6.07) is 14.5. The van der Waals surface area contributed by atoms with Gasteiger partial charge in [-0.05, 0) is 42.0 Å². The number of hydrogen-bond acceptors (Lipinski definition) is 8. The van der Waals surface area contributed by atoms with Gasteiger partial charge in [0.2, 0.25) is 5.95 Å². The van der Waals surface area contributed by atoms with Crippen molar-refractivity contribution in [1.82, 2.24) is 15.3 Å². The van der Waals surface area contributed by atoms with E-state index >= 15 is 0 Å². The fraction of sp³-hybridized carbons (Fsp3) is 0.136. The average molecular weight is 434 g/mol. The van der Waals surface area contributed by atoms with E-state index in [1.807, 2.05) is 18.2 Å². The molecule has 0 spiro atoms. The third kappa shape index (κ3) is 5.79. The van der Waals surface area contributed by atoms with Crippen LogP contribution in [0.2, 0.25) is 0 Å². The number of rotatable bonds is 4. The number of carboxylic acid groups (broad SMARTS) is 1. The van der Waals surface area contributed by atoms with Gasteiger partial charge in [-0.15, -0.1) is 0 Å². The van der Waals surface area contributed by atoms with Crippen molar-refractivity contribution in [3.63, 3.8) is 0 Å². The molecule has 1 aliphatic heterocycles. The number of fused-ring (bicyclic) bond motifs is 1. The second-order valence-corrected chi connectivity index (χ2v) is 6.67. The molecule has 2 heterocycles. The maximum atomic E-state index is 12.6. The van der Waals surface area contributed by atoms with Crippen LogP contribution < -0.4 is 21.1 Å². The molecule has 10 nitrogen and oxygen atoms in total. The standard InChI is InChI=1S/C20H18N6O2.C2H4O2/c1-28-15-4-2-3-12(9-15)19(27)26-18-16-10-14(6-5-13(16)11-23-18)24-17-7-8-22-20(21)25-17;1-2(3)4/h2-10H,11H2,1H3,(H,23,26,27)(H3,21,22,24,25);1H3,(H,3,4). The number of hydrogen-bond donors (Lipinski definition) is 4. The second kappa shape index (κ2) is 10.0. The quantitative estimate of drug-likeness (QED) is 0.489. The van der Waals surface area contributed by atoms with Gasteiger partial charge in [-0.3, -0.25) is 14.6 Å². The highest BCUT2D eigenvalue weighted by molar-refractivity contribution is 6.14. The fourth-order valence-electron chi connectivity index (χ4n) is 2.90. The van der Waals surface area contributed by atoms with Crippen molar-refractivity contribution in [3.8, 4) is 5.75 Å². The molecule has 0 atom stereocenters. The summed E-state index contributed by atoms with van der Waals surface area (Å²) in [7, 11) is 1.56. The highest BCUT2D eigenvalue weighted by atomic mass is 16.5. The van der Waals surface area contributed by atoms with Gasteiger partial charge in [-0.25, -0.2) is 4.98 Å². The van der Waals surface area contributed by atoms with Gasteiger partial charge in [0.15, 0.2) is 0 Å². The Labute approximate surface area is 184 Å². The fourth-order valence-corrected chi connectivity index (χ4v) is 2.90. The number of aliphatic imine (C=N–C) groups is 1. The minimum absolute atomic E-state index is 0.193. The number of carboxylic acids is 1. The molecule has 0 radical (unpaired) electrons. The zero-order valence-corrected chi connectivity index (χ0v) is 17.5. The molecule has 0 unspecified atom stereocenters. The van der Waals surface area contributed by atoms with Crippen molar-refractivity contribution in [2.75, 3.05) is 18.2 Å². The average Bonchev–Trinajstić information content (AvgIpc) is 3.15. The van der Waals surface area contributed by atoms with Crippen LogP contribution in [0.25, 0.3) is 0 Å². The van der Waals surface area contributed by atoms with E-state index in [1.54, 1.807) is 43.6 Å². The summed E-state index contributed by atoms with van der Waals surface area (Å²) in [6.07, 6.45) is 1.58. The van der Waals surface area contributed by atoms with E-state index in [2.05, 4.69) is 25.6 Å². The second-order valence-electron chi connectivity index (χ2n) is 6.67. The number of anilines is 3. The van der Waals surface area contributed by atoms with Crippen LogP contribution in [0.15, 0.2) is 59.7 Å². The molecule has 5 N–H and O–H groups in total. The number of nitrogens with zero attached hydrogens (tertiary/aromatic N) is 3. The number of amides is 1. The van der Waals surface area contributed by atoms with Gasteiger partial charge in [0.1, 0.15) is 17.4 Å². The lowest BCUT2D eigenvalue weighted by molar-refractivity contribution is -0.134. The summed E-state index contributed by atoms with van der Waals surface area (Å²) in [4.78, 5) is 34.1. The number of ether oxygens (including phenoxy) is 1. The van der Waals surface area contributed by atoms with Crippen LogP contribution in [0, 0.1) is 0 Å². The van der Waals surface area contributed by atoms with Crippen LogP contribution in [0.5, 0.6) is 5.75 Å². The number of nitrogens with two attached hydrogens (primary N) is 1. The predicted molar refractivity (Wildman–Crippen MR) is 120 cm³/mol. The van der Waals surface area contributed by atoms with Crippen LogP contribution in [0.4, 0.5) is 17.5 Å². The van der Waals surface area contributed by atoms with E-state index in [4.69, 9.17) is 20.4 Å². The Bertz CT molecular complexity index is 1170. The summed E-state index contributed by atoms with van der Waals surface area (Å²) in [5, 5.41) is 13.5. The van der Waals surface area contributed by atoms with Crippen LogP contribution in [0.3, 0.4) is 0 Å². The Balaban J connectivity index is 0.000000668.